The van der Waals surface area contributed by atoms with Gasteiger partial charge in [0.1, 0.15) is 0 Å². The van der Waals surface area contributed by atoms with Crippen LogP contribution in [0.1, 0.15) is 0 Å². The summed E-state index contributed by atoms with van der Waals surface area (Å²) in [5.41, 5.74) is 0. The van der Waals surface area contributed by atoms with E-state index >= 15 is 0 Å². The summed E-state index contributed by atoms with van der Waals surface area (Å²) in [5.74, 6) is -0.241. The van der Waals surface area contributed by atoms with E-state index in [1.807, 2.05) is 3.64 Å². The van der Waals surface area contributed by atoms with Crippen LogP contribution >= 0.6 is 0 Å². The number of esters is 1. The van der Waals surface area contributed by atoms with Gasteiger partial charge >= 0.3 is 66.9 Å². The average molecular weight is 337 g/mol. The molecule has 0 aliphatic carbocycles. The molecule has 0 bridgehead atoms. The first kappa shape index (κ1) is 10.1. The van der Waals surface area contributed by atoms with Gasteiger partial charge in [-0.05, 0) is 0 Å². The van der Waals surface area contributed by atoms with Crippen molar-refractivity contribution in [2.75, 3.05) is 7.11 Å². The first-order valence-corrected chi connectivity index (χ1v) is 17.1. The predicted octanol–water partition coefficient (Wildman–Crippen LogP) is 1.59. The zero-order valence-corrected chi connectivity index (χ0v) is 10.9. The van der Waals surface area contributed by atoms with Crippen molar-refractivity contribution in [3.05, 3.63) is 9.71 Å². The molecular formula is C7H14O2Pb. The van der Waals surface area contributed by atoms with E-state index in [1.54, 1.807) is 6.08 Å². The van der Waals surface area contributed by atoms with E-state index in [0.717, 1.165) is 0 Å². The van der Waals surface area contributed by atoms with Crippen molar-refractivity contribution in [3.63, 3.8) is 0 Å². The fourth-order valence-electron chi connectivity index (χ4n) is 0.386. The third kappa shape index (κ3) is 6.26. The Balaban J connectivity index is 3.88. The molecule has 0 amide bonds. The third-order valence-corrected chi connectivity index (χ3v) is 5.46. The number of ether oxygens (including phenoxy) is 1. The Hall–Kier alpha value is 0.132. The second kappa shape index (κ2) is 4.10. The van der Waals surface area contributed by atoms with Crippen molar-refractivity contribution in [1.29, 1.82) is 0 Å². The Morgan fingerprint density at radius 1 is 1.40 bits per heavy atom. The third-order valence-electron chi connectivity index (χ3n) is 0.921. The zero-order chi connectivity index (χ0) is 8.20. The molecule has 0 aromatic rings. The van der Waals surface area contributed by atoms with Gasteiger partial charge in [-0.2, -0.15) is 0 Å². The molecule has 0 fully saturated rings. The summed E-state index contributed by atoms with van der Waals surface area (Å²) in [7, 11) is 1.40. The molecule has 0 radical (unpaired) electrons. The van der Waals surface area contributed by atoms with Crippen LogP contribution in [0.15, 0.2) is 9.71 Å². The molecule has 0 heterocycles. The van der Waals surface area contributed by atoms with Crippen LogP contribution in [0.5, 0.6) is 0 Å². The number of carbonyl (C=O) groups is 1. The number of hydrogen-bond acceptors (Lipinski definition) is 2. The quantitative estimate of drug-likeness (QED) is 0.435. The summed E-state index contributed by atoms with van der Waals surface area (Å²) in [5, 5.41) is 0. The molecule has 0 saturated heterocycles. The Bertz CT molecular complexity index is 144. The van der Waals surface area contributed by atoms with Gasteiger partial charge < -0.3 is 0 Å². The van der Waals surface area contributed by atoms with Gasteiger partial charge in [-0.1, -0.05) is 0 Å². The van der Waals surface area contributed by atoms with E-state index in [-0.39, 0.29) is 5.97 Å². The van der Waals surface area contributed by atoms with Crippen molar-refractivity contribution in [2.45, 2.75) is 13.4 Å². The Morgan fingerprint density at radius 2 is 1.90 bits per heavy atom. The molecule has 0 aliphatic rings. The first-order valence-electron chi connectivity index (χ1n) is 3.23. The van der Waals surface area contributed by atoms with Crippen LogP contribution in [0, 0.1) is 0 Å². The van der Waals surface area contributed by atoms with Gasteiger partial charge in [-0.3, -0.25) is 0 Å². The summed E-state index contributed by atoms with van der Waals surface area (Å²) in [6, 6.07) is 0. The van der Waals surface area contributed by atoms with Gasteiger partial charge in [0.2, 0.25) is 0 Å². The minimum absolute atomic E-state index is 0.241. The van der Waals surface area contributed by atoms with Crippen LogP contribution in [0.2, 0.25) is 13.4 Å². The molecule has 0 spiro atoms. The van der Waals surface area contributed by atoms with Crippen LogP contribution in [0.25, 0.3) is 0 Å². The summed E-state index contributed by atoms with van der Waals surface area (Å²) in [6.07, 6.45) is 1.54. The Kier molecular flexibility index (Phi) is 4.16. The van der Waals surface area contributed by atoms with Crippen molar-refractivity contribution < 1.29 is 9.53 Å². The normalized spacial score (nSPS) is 12.0. The number of carbonyl (C=O) groups excluding carboxylic acids is 1. The maximum atomic E-state index is 10.6. The maximum absolute atomic E-state index is 10.6. The van der Waals surface area contributed by atoms with E-state index in [9.17, 15) is 4.79 Å². The average Bonchev–Trinajstić information content (AvgIpc) is 1.81. The van der Waals surface area contributed by atoms with Gasteiger partial charge in [-0.15, -0.1) is 0 Å². The molecular weight excluding hydrogens is 323 g/mol. The van der Waals surface area contributed by atoms with Crippen LogP contribution in [0.4, 0.5) is 0 Å². The molecule has 10 heavy (non-hydrogen) atoms. The monoisotopic (exact) mass is 338 g/mol. The van der Waals surface area contributed by atoms with E-state index in [0.29, 0.717) is 0 Å². The van der Waals surface area contributed by atoms with Gasteiger partial charge in [0.05, 0.1) is 0 Å². The molecule has 0 rings (SSSR count). The van der Waals surface area contributed by atoms with Crippen molar-refractivity contribution in [1.82, 2.24) is 0 Å². The Labute approximate surface area is 66.9 Å². The van der Waals surface area contributed by atoms with Crippen molar-refractivity contribution >= 4 is 27.1 Å². The van der Waals surface area contributed by atoms with E-state index in [1.165, 1.54) is 7.11 Å². The summed E-state index contributed by atoms with van der Waals surface area (Å²) < 4.78 is 13.2. The van der Waals surface area contributed by atoms with Gasteiger partial charge in [-0.25, -0.2) is 0 Å². The van der Waals surface area contributed by atoms with Gasteiger partial charge in [0.15, 0.2) is 0 Å². The SMILES string of the molecule is COC(=O)/C=[CH]\[Pb]([CH3])([CH3])[CH3]. The number of rotatable bonds is 2. The second-order valence-electron chi connectivity index (χ2n) is 3.22. The molecule has 0 unspecified atom stereocenters. The molecule has 0 atom stereocenters. The van der Waals surface area contributed by atoms with Crippen molar-refractivity contribution in [2.24, 2.45) is 0 Å². The fourth-order valence-corrected chi connectivity index (χ4v) is 2.86. The number of methoxy groups -OCH3 is 1. The molecule has 2 nitrogen and oxygen atoms in total. The topological polar surface area (TPSA) is 26.3 Å². The van der Waals surface area contributed by atoms with Crippen LogP contribution in [0.3, 0.4) is 0 Å². The molecule has 0 saturated carbocycles. The van der Waals surface area contributed by atoms with Crippen LogP contribution in [-0.4, -0.2) is 34.3 Å². The molecule has 3 heteroatoms. The molecule has 0 aromatic heterocycles. The summed E-state index contributed by atoms with van der Waals surface area (Å²) >= 11 is -1.98. The zero-order valence-electron chi connectivity index (χ0n) is 6.97. The van der Waals surface area contributed by atoms with E-state index in [2.05, 4.69) is 18.2 Å². The van der Waals surface area contributed by atoms with Crippen LogP contribution < -0.4 is 0 Å². The molecule has 0 N–H and O–H groups in total. The van der Waals surface area contributed by atoms with Gasteiger partial charge in [0.25, 0.3) is 0 Å². The summed E-state index contributed by atoms with van der Waals surface area (Å²) in [6.45, 7) is 0. The summed E-state index contributed by atoms with van der Waals surface area (Å²) in [4.78, 5) is 10.6. The molecule has 58 valence electrons. The number of hydrogen-bond donors (Lipinski definition) is 0. The molecule has 0 aliphatic heterocycles. The minimum atomic E-state index is -1.98. The van der Waals surface area contributed by atoms with E-state index in [4.69, 9.17) is 0 Å². The second-order valence-corrected chi connectivity index (χ2v) is 22.9. The van der Waals surface area contributed by atoms with Crippen molar-refractivity contribution in [3.8, 4) is 0 Å². The molecule has 0 aromatic carbocycles. The standard InChI is InChI=1S/C4H5O2.3CH3.Pb/c1-3-4(5)6-2;;;;/h1,3H,2H3;3*1H3;. The van der Waals surface area contributed by atoms with Gasteiger partial charge in [0, 0.05) is 0 Å². The van der Waals surface area contributed by atoms with E-state index < -0.39 is 21.2 Å². The van der Waals surface area contributed by atoms with Crippen LogP contribution in [-0.2, 0) is 9.53 Å². The predicted molar refractivity (Wildman–Crippen MR) is 44.5 cm³/mol. The fraction of sp³-hybridized carbons (Fsp3) is 0.571. The Morgan fingerprint density at radius 3 is 2.20 bits per heavy atom. The first-order chi connectivity index (χ1) is 4.45.